The van der Waals surface area contributed by atoms with E-state index in [2.05, 4.69) is 23.6 Å². The van der Waals surface area contributed by atoms with Crippen molar-refractivity contribution in [1.82, 2.24) is 9.80 Å². The van der Waals surface area contributed by atoms with Crippen molar-refractivity contribution in [1.29, 1.82) is 0 Å². The molecule has 0 spiro atoms. The Morgan fingerprint density at radius 3 is 2.61 bits per heavy atom. The summed E-state index contributed by atoms with van der Waals surface area (Å²) in [6.45, 7) is 6.98. The quantitative estimate of drug-likeness (QED) is 0.824. The van der Waals surface area contributed by atoms with Gasteiger partial charge in [-0.15, -0.1) is 0 Å². The Kier molecular flexibility index (Phi) is 4.65. The van der Waals surface area contributed by atoms with Crippen molar-refractivity contribution >= 4 is 0 Å². The van der Waals surface area contributed by atoms with Crippen LogP contribution >= 0.6 is 0 Å². The summed E-state index contributed by atoms with van der Waals surface area (Å²) in [4.78, 5) is 4.61. The normalized spacial score (nSPS) is 21.9. The number of likely N-dealkylation sites (tertiary alicyclic amines) is 1. The second-order valence-corrected chi connectivity index (χ2v) is 7.77. The molecule has 0 N–H and O–H groups in total. The number of ether oxygens (including phenoxy) is 1. The molecule has 1 aliphatic heterocycles. The summed E-state index contributed by atoms with van der Waals surface area (Å²) in [6.07, 6.45) is 4.69. The maximum absolute atomic E-state index is 14.5. The number of likely N-dealkylation sites (N-methyl/N-ethyl adjacent to an activating group) is 1. The first kappa shape index (κ1) is 16.7. The molecule has 0 amide bonds. The van der Waals surface area contributed by atoms with Crippen LogP contribution in [-0.4, -0.2) is 49.1 Å². The molecule has 1 aromatic carbocycles. The van der Waals surface area contributed by atoms with Gasteiger partial charge in [-0.2, -0.15) is 0 Å². The van der Waals surface area contributed by atoms with E-state index in [4.69, 9.17) is 4.74 Å². The molecule has 2 aliphatic rings. The van der Waals surface area contributed by atoms with E-state index in [9.17, 15) is 4.39 Å². The molecule has 1 unspecified atom stereocenters. The molecule has 3 rings (SSSR count). The summed E-state index contributed by atoms with van der Waals surface area (Å²) in [6, 6.07) is 4.07. The number of fused-ring (bicyclic) bond motifs is 1. The first-order valence-corrected chi connectivity index (χ1v) is 8.75. The Balaban J connectivity index is 1.75. The molecule has 1 heterocycles. The van der Waals surface area contributed by atoms with Gasteiger partial charge in [0.15, 0.2) is 11.6 Å². The Bertz CT molecular complexity index is 565. The van der Waals surface area contributed by atoms with Gasteiger partial charge in [0, 0.05) is 11.6 Å². The zero-order valence-corrected chi connectivity index (χ0v) is 14.9. The van der Waals surface area contributed by atoms with E-state index < -0.39 is 0 Å². The number of halogens is 1. The van der Waals surface area contributed by atoms with E-state index in [1.165, 1.54) is 24.0 Å². The van der Waals surface area contributed by atoms with Gasteiger partial charge in [0.25, 0.3) is 0 Å². The van der Waals surface area contributed by atoms with Crippen molar-refractivity contribution in [2.24, 2.45) is 0 Å². The molecule has 0 saturated carbocycles. The van der Waals surface area contributed by atoms with Gasteiger partial charge in [0.2, 0.25) is 0 Å². The van der Waals surface area contributed by atoms with Gasteiger partial charge in [0.1, 0.15) is 6.61 Å². The lowest BCUT2D eigenvalue weighted by Crippen LogP contribution is -2.43. The van der Waals surface area contributed by atoms with Crippen LogP contribution in [-0.2, 0) is 6.42 Å². The smallest absolute Gasteiger partial charge is 0.165 e. The average Bonchev–Trinajstić information content (AvgIpc) is 3.13. The Morgan fingerprint density at radius 1 is 1.26 bits per heavy atom. The standard InChI is InChI=1S/C19H29FN2O/c1-19(2,21(3)4)13-23-18-11-14-7-8-17(15(14)12-16(18)20)22-9-5-6-10-22/h11-12,17H,5-10,13H2,1-4H3. The molecule has 1 aromatic rings. The van der Waals surface area contributed by atoms with Gasteiger partial charge in [-0.25, -0.2) is 4.39 Å². The van der Waals surface area contributed by atoms with Gasteiger partial charge >= 0.3 is 0 Å². The van der Waals surface area contributed by atoms with Crippen LogP contribution < -0.4 is 4.74 Å². The molecular formula is C19H29FN2O. The van der Waals surface area contributed by atoms with Crippen LogP contribution in [0.25, 0.3) is 0 Å². The molecule has 1 saturated heterocycles. The van der Waals surface area contributed by atoms with E-state index in [0.717, 1.165) is 25.9 Å². The van der Waals surface area contributed by atoms with Crippen molar-refractivity contribution in [2.75, 3.05) is 33.8 Å². The summed E-state index contributed by atoms with van der Waals surface area (Å²) in [5.74, 6) is 0.185. The summed E-state index contributed by atoms with van der Waals surface area (Å²) >= 11 is 0. The topological polar surface area (TPSA) is 15.7 Å². The fourth-order valence-corrected chi connectivity index (χ4v) is 3.51. The fraction of sp³-hybridized carbons (Fsp3) is 0.684. The van der Waals surface area contributed by atoms with Gasteiger partial charge in [-0.05, 0) is 90.0 Å². The number of hydrogen-bond acceptors (Lipinski definition) is 3. The monoisotopic (exact) mass is 320 g/mol. The van der Waals surface area contributed by atoms with Crippen LogP contribution in [0.3, 0.4) is 0 Å². The predicted molar refractivity (Wildman–Crippen MR) is 91.5 cm³/mol. The van der Waals surface area contributed by atoms with Crippen molar-refractivity contribution in [3.05, 3.63) is 29.1 Å². The Morgan fingerprint density at radius 2 is 1.96 bits per heavy atom. The van der Waals surface area contributed by atoms with Gasteiger partial charge in [-0.1, -0.05) is 0 Å². The molecule has 0 bridgehead atoms. The SMILES string of the molecule is CN(C)C(C)(C)COc1cc2c(cc1F)C(N1CCCC1)CC2. The molecule has 128 valence electrons. The van der Waals surface area contributed by atoms with Gasteiger partial charge in [-0.3, -0.25) is 4.90 Å². The first-order valence-electron chi connectivity index (χ1n) is 8.75. The molecular weight excluding hydrogens is 291 g/mol. The number of hydrogen-bond donors (Lipinski definition) is 0. The highest BCUT2D eigenvalue weighted by atomic mass is 19.1. The van der Waals surface area contributed by atoms with E-state index in [-0.39, 0.29) is 11.4 Å². The highest BCUT2D eigenvalue weighted by Crippen LogP contribution is 2.40. The summed E-state index contributed by atoms with van der Waals surface area (Å²) < 4.78 is 20.3. The number of rotatable bonds is 5. The van der Waals surface area contributed by atoms with E-state index in [1.807, 2.05) is 20.2 Å². The maximum Gasteiger partial charge on any atom is 0.165 e. The Hall–Kier alpha value is -1.13. The fourth-order valence-electron chi connectivity index (χ4n) is 3.51. The van der Waals surface area contributed by atoms with Crippen LogP contribution in [0.4, 0.5) is 4.39 Å². The van der Waals surface area contributed by atoms with Crippen molar-refractivity contribution < 1.29 is 9.13 Å². The van der Waals surface area contributed by atoms with Gasteiger partial charge < -0.3 is 9.64 Å². The Labute approximate surface area is 139 Å². The van der Waals surface area contributed by atoms with Crippen molar-refractivity contribution in [3.63, 3.8) is 0 Å². The minimum absolute atomic E-state index is 0.121. The average molecular weight is 320 g/mol. The lowest BCUT2D eigenvalue weighted by atomic mass is 10.1. The van der Waals surface area contributed by atoms with E-state index in [0.29, 0.717) is 18.4 Å². The molecule has 0 aromatic heterocycles. The second kappa shape index (κ2) is 6.40. The largest absolute Gasteiger partial charge is 0.489 e. The van der Waals surface area contributed by atoms with Crippen LogP contribution in [0.5, 0.6) is 5.75 Å². The minimum Gasteiger partial charge on any atom is -0.489 e. The van der Waals surface area contributed by atoms with Crippen molar-refractivity contribution in [3.8, 4) is 5.75 Å². The van der Waals surface area contributed by atoms with Crippen molar-refractivity contribution in [2.45, 2.75) is 51.1 Å². The highest BCUT2D eigenvalue weighted by Gasteiger charge is 2.31. The number of aryl methyl sites for hydroxylation is 1. The third kappa shape index (κ3) is 3.38. The summed E-state index contributed by atoms with van der Waals surface area (Å²) in [5.41, 5.74) is 2.33. The molecule has 4 heteroatoms. The van der Waals surface area contributed by atoms with Gasteiger partial charge in [0.05, 0.1) is 0 Å². The third-order valence-corrected chi connectivity index (χ3v) is 5.61. The zero-order valence-electron chi connectivity index (χ0n) is 14.9. The molecule has 1 fully saturated rings. The first-order chi connectivity index (χ1) is 10.9. The molecule has 3 nitrogen and oxygen atoms in total. The number of benzene rings is 1. The lowest BCUT2D eigenvalue weighted by Gasteiger charge is -2.32. The molecule has 0 radical (unpaired) electrons. The third-order valence-electron chi connectivity index (χ3n) is 5.61. The summed E-state index contributed by atoms with van der Waals surface area (Å²) in [7, 11) is 4.03. The molecule has 23 heavy (non-hydrogen) atoms. The van der Waals surface area contributed by atoms with Crippen LogP contribution in [0.1, 0.15) is 50.3 Å². The van der Waals surface area contributed by atoms with Crippen LogP contribution in [0.2, 0.25) is 0 Å². The lowest BCUT2D eigenvalue weighted by molar-refractivity contribution is 0.111. The second-order valence-electron chi connectivity index (χ2n) is 7.77. The van der Waals surface area contributed by atoms with Crippen LogP contribution in [0, 0.1) is 5.82 Å². The number of nitrogens with zero attached hydrogens (tertiary/aromatic N) is 2. The van der Waals surface area contributed by atoms with E-state index in [1.54, 1.807) is 6.07 Å². The van der Waals surface area contributed by atoms with Crippen LogP contribution in [0.15, 0.2) is 12.1 Å². The minimum atomic E-state index is -0.218. The predicted octanol–water partition coefficient (Wildman–Crippen LogP) is 3.63. The summed E-state index contributed by atoms with van der Waals surface area (Å²) in [5, 5.41) is 0. The molecule has 1 atom stereocenters. The molecule has 1 aliphatic carbocycles. The zero-order chi connectivity index (χ0) is 16.6. The maximum atomic E-state index is 14.5. The highest BCUT2D eigenvalue weighted by molar-refractivity contribution is 5.42. The van der Waals surface area contributed by atoms with E-state index >= 15 is 0 Å².